The number of hydrogen-bond donors (Lipinski definition) is 2. The monoisotopic (exact) mass is 547 g/mol. The van der Waals surface area contributed by atoms with Gasteiger partial charge in [0.15, 0.2) is 0 Å². The number of amides is 2. The first-order valence-corrected chi connectivity index (χ1v) is 12.7. The minimum absolute atomic E-state index is 0. The second kappa shape index (κ2) is 16.3. The lowest BCUT2D eigenvalue weighted by molar-refractivity contribution is -0.904. The summed E-state index contributed by atoms with van der Waals surface area (Å²) in [6.07, 6.45) is 5.79. The normalized spacial score (nSPS) is 10.9. The second-order valence-electron chi connectivity index (χ2n) is 9.02. The Bertz CT molecular complexity index is 899. The molecule has 2 aromatic carbocycles. The lowest BCUT2D eigenvalue weighted by Crippen LogP contribution is -3.00. The van der Waals surface area contributed by atoms with Crippen LogP contribution in [0, 0.1) is 0 Å². The van der Waals surface area contributed by atoms with E-state index in [1.165, 1.54) is 19.3 Å². The Morgan fingerprint density at radius 1 is 0.857 bits per heavy atom. The van der Waals surface area contributed by atoms with Crippen molar-refractivity contribution in [1.29, 1.82) is 0 Å². The first kappa shape index (κ1) is 30.7. The molecule has 0 aliphatic carbocycles. The maximum atomic E-state index is 12.8. The van der Waals surface area contributed by atoms with Crippen molar-refractivity contribution >= 4 is 17.5 Å². The smallest absolute Gasteiger partial charge is 0.259 e. The van der Waals surface area contributed by atoms with Gasteiger partial charge in [0, 0.05) is 11.3 Å². The summed E-state index contributed by atoms with van der Waals surface area (Å²) in [6.45, 7) is 10.7. The van der Waals surface area contributed by atoms with Gasteiger partial charge in [-0.2, -0.15) is 0 Å². The first-order valence-electron chi connectivity index (χ1n) is 12.7. The van der Waals surface area contributed by atoms with Gasteiger partial charge in [-0.1, -0.05) is 44.7 Å². The van der Waals surface area contributed by atoms with Crippen LogP contribution in [0.1, 0.15) is 73.6 Å². The van der Waals surface area contributed by atoms with Crippen molar-refractivity contribution in [3.8, 4) is 5.75 Å². The third-order valence-electron chi connectivity index (χ3n) is 6.51. The van der Waals surface area contributed by atoms with Gasteiger partial charge in [-0.05, 0) is 56.7 Å². The van der Waals surface area contributed by atoms with Crippen LogP contribution in [0.15, 0.2) is 48.5 Å². The average molecular weight is 549 g/mol. The molecule has 2 rings (SSSR count). The molecular weight excluding hydrogens is 506 g/mol. The Labute approximate surface area is 221 Å². The second-order valence-corrected chi connectivity index (χ2v) is 9.02. The molecule has 0 aromatic heterocycles. The molecule has 0 aliphatic rings. The van der Waals surface area contributed by atoms with Gasteiger partial charge >= 0.3 is 0 Å². The van der Waals surface area contributed by atoms with Crippen LogP contribution in [-0.4, -0.2) is 56.1 Å². The predicted molar refractivity (Wildman–Crippen MR) is 140 cm³/mol. The van der Waals surface area contributed by atoms with E-state index in [1.807, 2.05) is 18.2 Å². The number of para-hydroxylation sites is 1. The number of hydrogen-bond acceptors (Lipinski definition) is 3. The molecule has 0 heterocycles. The van der Waals surface area contributed by atoms with Gasteiger partial charge in [-0.15, -0.1) is 0 Å². The number of carbonyl (C=O) groups is 2. The Morgan fingerprint density at radius 2 is 1.51 bits per heavy atom. The highest BCUT2D eigenvalue weighted by Gasteiger charge is 2.17. The van der Waals surface area contributed by atoms with Crippen molar-refractivity contribution in [2.45, 2.75) is 52.9 Å². The molecule has 2 N–H and O–H groups in total. The Balaban J connectivity index is 0.00000612. The van der Waals surface area contributed by atoms with Crippen LogP contribution in [0.4, 0.5) is 5.69 Å². The number of likely N-dealkylation sites (N-methyl/N-ethyl adjacent to an activating group) is 1. The van der Waals surface area contributed by atoms with Gasteiger partial charge in [0.05, 0.1) is 45.4 Å². The molecule has 7 heteroatoms. The zero-order valence-electron chi connectivity index (χ0n) is 21.7. The van der Waals surface area contributed by atoms with E-state index in [0.717, 1.165) is 37.0 Å². The topological polar surface area (TPSA) is 67.4 Å². The number of carbonyl (C=O) groups excluding carboxylic acids is 2. The Kier molecular flexibility index (Phi) is 14.3. The van der Waals surface area contributed by atoms with Crippen molar-refractivity contribution in [3.63, 3.8) is 0 Å². The number of anilines is 1. The molecule has 0 bridgehead atoms. The third kappa shape index (κ3) is 10.4. The Hall–Kier alpha value is -2.38. The summed E-state index contributed by atoms with van der Waals surface area (Å²) in [5.74, 6) is 0.264. The van der Waals surface area contributed by atoms with Crippen LogP contribution in [0.5, 0.6) is 5.75 Å². The van der Waals surface area contributed by atoms with Crippen molar-refractivity contribution in [1.82, 2.24) is 5.32 Å². The van der Waals surface area contributed by atoms with Crippen LogP contribution in [0.2, 0.25) is 0 Å². The molecule has 2 amide bonds. The number of nitrogens with zero attached hydrogens (tertiary/aromatic N) is 1. The number of quaternary nitrogens is 1. The standard InChI is InChI=1S/C28H41N3O3.BrH/c1-5-8-9-10-13-22-34-26-15-12-11-14-25(26)28(33)30-24-18-16-23(17-19-24)27(32)29-20-21-31(4,6-2)7-3;/h11-12,14-19H,5-10,13,20-22H2,1-4H3,(H-,29,30,32,33);1H. The van der Waals surface area contributed by atoms with Gasteiger partial charge < -0.3 is 36.8 Å². The largest absolute Gasteiger partial charge is 1.00 e. The molecule has 0 unspecified atom stereocenters. The highest BCUT2D eigenvalue weighted by atomic mass is 79.9. The summed E-state index contributed by atoms with van der Waals surface area (Å²) in [5, 5.41) is 5.90. The summed E-state index contributed by atoms with van der Waals surface area (Å²) >= 11 is 0. The zero-order chi connectivity index (χ0) is 24.8. The molecule has 35 heavy (non-hydrogen) atoms. The third-order valence-corrected chi connectivity index (χ3v) is 6.51. The van der Waals surface area contributed by atoms with Crippen molar-refractivity contribution < 1.29 is 35.8 Å². The van der Waals surface area contributed by atoms with E-state index in [0.29, 0.717) is 35.7 Å². The van der Waals surface area contributed by atoms with Crippen LogP contribution in [0.3, 0.4) is 0 Å². The number of halogens is 1. The van der Waals surface area contributed by atoms with Crippen molar-refractivity contribution in [3.05, 3.63) is 59.7 Å². The van der Waals surface area contributed by atoms with Gasteiger partial charge in [0.1, 0.15) is 5.75 Å². The highest BCUT2D eigenvalue weighted by molar-refractivity contribution is 6.06. The fourth-order valence-electron chi connectivity index (χ4n) is 3.65. The van der Waals surface area contributed by atoms with E-state index in [1.54, 1.807) is 30.3 Å². The molecule has 6 nitrogen and oxygen atoms in total. The maximum Gasteiger partial charge on any atom is 0.259 e. The highest BCUT2D eigenvalue weighted by Crippen LogP contribution is 2.21. The summed E-state index contributed by atoms with van der Waals surface area (Å²) in [6, 6.07) is 14.3. The number of rotatable bonds is 15. The maximum absolute atomic E-state index is 12.8. The van der Waals surface area contributed by atoms with Crippen molar-refractivity contribution in [2.24, 2.45) is 0 Å². The average Bonchev–Trinajstić information content (AvgIpc) is 2.86. The molecule has 0 radical (unpaired) electrons. The summed E-state index contributed by atoms with van der Waals surface area (Å²) in [5.41, 5.74) is 1.72. The van der Waals surface area contributed by atoms with Gasteiger partial charge in [-0.3, -0.25) is 9.59 Å². The first-order chi connectivity index (χ1) is 16.4. The fraction of sp³-hybridized carbons (Fsp3) is 0.500. The van der Waals surface area contributed by atoms with E-state index in [-0.39, 0.29) is 28.8 Å². The predicted octanol–water partition coefficient (Wildman–Crippen LogP) is 2.51. The molecular formula is C28H42BrN3O3. The minimum atomic E-state index is -0.227. The molecule has 2 aromatic rings. The van der Waals surface area contributed by atoms with E-state index >= 15 is 0 Å². The number of benzene rings is 2. The van der Waals surface area contributed by atoms with Crippen molar-refractivity contribution in [2.75, 3.05) is 45.2 Å². The lowest BCUT2D eigenvalue weighted by atomic mass is 10.1. The summed E-state index contributed by atoms with van der Waals surface area (Å²) in [4.78, 5) is 25.3. The van der Waals surface area contributed by atoms with Gasteiger partial charge in [0.2, 0.25) is 0 Å². The van der Waals surface area contributed by atoms with E-state index in [4.69, 9.17) is 4.74 Å². The van der Waals surface area contributed by atoms with Crippen LogP contribution < -0.4 is 32.4 Å². The lowest BCUT2D eigenvalue weighted by Gasteiger charge is -2.32. The van der Waals surface area contributed by atoms with Gasteiger partial charge in [0.25, 0.3) is 11.8 Å². The summed E-state index contributed by atoms with van der Waals surface area (Å²) < 4.78 is 6.82. The molecule has 0 atom stereocenters. The zero-order valence-corrected chi connectivity index (χ0v) is 23.3. The molecule has 0 saturated carbocycles. The molecule has 0 aliphatic heterocycles. The van der Waals surface area contributed by atoms with Crippen LogP contribution >= 0.6 is 0 Å². The number of ether oxygens (including phenoxy) is 1. The van der Waals surface area contributed by atoms with Crippen LogP contribution in [0.25, 0.3) is 0 Å². The fourth-order valence-corrected chi connectivity index (χ4v) is 3.65. The summed E-state index contributed by atoms with van der Waals surface area (Å²) in [7, 11) is 2.19. The molecule has 0 saturated heterocycles. The SMILES string of the molecule is CCCCCCCOc1ccccc1C(=O)Nc1ccc(C(=O)NCC[N+](C)(CC)CC)cc1.[Br-]. The minimum Gasteiger partial charge on any atom is -1.00 e. The van der Waals surface area contributed by atoms with E-state index < -0.39 is 0 Å². The number of nitrogens with one attached hydrogen (secondary N) is 2. The molecule has 0 fully saturated rings. The molecule has 0 spiro atoms. The van der Waals surface area contributed by atoms with Gasteiger partial charge in [-0.25, -0.2) is 0 Å². The van der Waals surface area contributed by atoms with E-state index in [9.17, 15) is 9.59 Å². The van der Waals surface area contributed by atoms with E-state index in [2.05, 4.69) is 38.5 Å². The Morgan fingerprint density at radius 3 is 2.17 bits per heavy atom. The number of unbranched alkanes of at least 4 members (excludes halogenated alkanes) is 4. The quantitative estimate of drug-likeness (QED) is 0.266. The van der Waals surface area contributed by atoms with Crippen LogP contribution in [-0.2, 0) is 0 Å². The molecule has 194 valence electrons.